The van der Waals surface area contributed by atoms with E-state index in [4.69, 9.17) is 0 Å². The largest absolute Gasteiger partial charge is 0.350 e. The van der Waals surface area contributed by atoms with Crippen LogP contribution in [0.15, 0.2) is 11.6 Å². The summed E-state index contributed by atoms with van der Waals surface area (Å²) in [5, 5.41) is 2.84. The average molecular weight is 169 g/mol. The van der Waals surface area contributed by atoms with E-state index in [1.807, 2.05) is 26.8 Å². The van der Waals surface area contributed by atoms with Gasteiger partial charge in [-0.1, -0.05) is 19.4 Å². The smallest absolute Gasteiger partial charge is 0.246 e. The summed E-state index contributed by atoms with van der Waals surface area (Å²) in [5.74, 6) is 0.0541. The predicted molar refractivity (Wildman–Crippen MR) is 51.9 cm³/mol. The second-order valence-electron chi connectivity index (χ2n) is 3.30. The maximum atomic E-state index is 11.3. The van der Waals surface area contributed by atoms with Crippen molar-refractivity contribution in [3.63, 3.8) is 0 Å². The number of carbonyl (C=O) groups is 1. The maximum absolute atomic E-state index is 11.3. The Hall–Kier alpha value is -0.790. The predicted octanol–water partition coefficient (Wildman–Crippen LogP) is 2.26. The third-order valence-electron chi connectivity index (χ3n) is 1.52. The van der Waals surface area contributed by atoms with Crippen LogP contribution in [0, 0.1) is 0 Å². The molecule has 0 spiro atoms. The highest BCUT2D eigenvalue weighted by molar-refractivity contribution is 5.92. The number of unbranched alkanes of at least 4 members (excludes halogenated alkanes) is 1. The third-order valence-corrected chi connectivity index (χ3v) is 1.52. The molecule has 0 bridgehead atoms. The molecule has 0 saturated heterocycles. The highest BCUT2D eigenvalue weighted by Crippen LogP contribution is 1.98. The lowest BCUT2D eigenvalue weighted by atomic mass is 10.2. The van der Waals surface area contributed by atoms with Crippen LogP contribution in [-0.4, -0.2) is 11.9 Å². The lowest BCUT2D eigenvalue weighted by molar-refractivity contribution is -0.117. The number of hydrogen-bond acceptors (Lipinski definition) is 1. The minimum absolute atomic E-state index is 0.0541. The summed E-state index contributed by atoms with van der Waals surface area (Å²) < 4.78 is 0. The minimum Gasteiger partial charge on any atom is -0.350 e. The Kier molecular flexibility index (Phi) is 5.43. The average Bonchev–Trinajstić information content (AvgIpc) is 1.98. The Bertz CT molecular complexity index is 171. The van der Waals surface area contributed by atoms with Crippen molar-refractivity contribution in [3.8, 4) is 0 Å². The fraction of sp³-hybridized carbons (Fsp3) is 0.700. The van der Waals surface area contributed by atoms with Crippen LogP contribution in [0.5, 0.6) is 0 Å². The molecule has 1 amide bonds. The van der Waals surface area contributed by atoms with Crippen LogP contribution >= 0.6 is 0 Å². The van der Waals surface area contributed by atoms with Gasteiger partial charge in [0.2, 0.25) is 5.91 Å². The zero-order chi connectivity index (χ0) is 9.56. The zero-order valence-electron chi connectivity index (χ0n) is 8.48. The first-order chi connectivity index (χ1) is 5.57. The summed E-state index contributed by atoms with van der Waals surface area (Å²) in [6, 6.07) is 0.225. The van der Waals surface area contributed by atoms with Gasteiger partial charge in [-0.2, -0.15) is 0 Å². The zero-order valence-corrected chi connectivity index (χ0v) is 8.48. The number of carbonyl (C=O) groups excluding carboxylic acids is 1. The van der Waals surface area contributed by atoms with Gasteiger partial charge >= 0.3 is 0 Å². The van der Waals surface area contributed by atoms with Crippen molar-refractivity contribution in [2.75, 3.05) is 0 Å². The molecule has 0 unspecified atom stereocenters. The van der Waals surface area contributed by atoms with E-state index in [2.05, 4.69) is 12.2 Å². The van der Waals surface area contributed by atoms with Crippen molar-refractivity contribution in [2.24, 2.45) is 0 Å². The maximum Gasteiger partial charge on any atom is 0.246 e. The summed E-state index contributed by atoms with van der Waals surface area (Å²) in [4.78, 5) is 11.3. The van der Waals surface area contributed by atoms with Crippen LogP contribution in [0.25, 0.3) is 0 Å². The quantitative estimate of drug-likeness (QED) is 0.642. The van der Waals surface area contributed by atoms with Gasteiger partial charge in [0.1, 0.15) is 0 Å². The van der Waals surface area contributed by atoms with Crippen LogP contribution in [0.4, 0.5) is 0 Å². The van der Waals surface area contributed by atoms with E-state index < -0.39 is 0 Å². The lowest BCUT2D eigenvalue weighted by Gasteiger charge is -2.07. The molecule has 1 N–H and O–H groups in total. The highest BCUT2D eigenvalue weighted by atomic mass is 16.1. The highest BCUT2D eigenvalue weighted by Gasteiger charge is 2.03. The minimum atomic E-state index is 0.0541. The second kappa shape index (κ2) is 5.81. The Morgan fingerprint density at radius 2 is 2.08 bits per heavy atom. The Morgan fingerprint density at radius 1 is 1.50 bits per heavy atom. The standard InChI is InChI=1S/C10H19NO/c1-5-6-7-9(4)10(12)11-8(2)3/h7-8H,5-6H2,1-4H3,(H,11,12). The van der Waals surface area contributed by atoms with Crippen molar-refractivity contribution < 1.29 is 4.79 Å². The lowest BCUT2D eigenvalue weighted by Crippen LogP contribution is -2.30. The fourth-order valence-corrected chi connectivity index (χ4v) is 0.830. The molecule has 0 aliphatic heterocycles. The first kappa shape index (κ1) is 11.2. The molecular formula is C10H19NO. The molecule has 70 valence electrons. The molecule has 0 rings (SSSR count). The van der Waals surface area contributed by atoms with Gasteiger partial charge in [-0.3, -0.25) is 4.79 Å². The Labute approximate surface area is 75.0 Å². The van der Waals surface area contributed by atoms with Gasteiger partial charge in [0.15, 0.2) is 0 Å². The van der Waals surface area contributed by atoms with Crippen LogP contribution < -0.4 is 5.32 Å². The van der Waals surface area contributed by atoms with Crippen molar-refractivity contribution in [1.82, 2.24) is 5.32 Å². The monoisotopic (exact) mass is 169 g/mol. The van der Waals surface area contributed by atoms with E-state index in [1.165, 1.54) is 0 Å². The summed E-state index contributed by atoms with van der Waals surface area (Å²) in [6.07, 6.45) is 4.06. The number of allylic oxidation sites excluding steroid dienone is 1. The van der Waals surface area contributed by atoms with E-state index in [-0.39, 0.29) is 11.9 Å². The number of amides is 1. The summed E-state index contributed by atoms with van der Waals surface area (Å²) in [6.45, 7) is 7.88. The van der Waals surface area contributed by atoms with Crippen molar-refractivity contribution >= 4 is 5.91 Å². The molecule has 0 aromatic heterocycles. The SMILES string of the molecule is CCCC=C(C)C(=O)NC(C)C. The van der Waals surface area contributed by atoms with Crippen LogP contribution in [-0.2, 0) is 4.79 Å². The molecule has 0 radical (unpaired) electrons. The molecule has 2 nitrogen and oxygen atoms in total. The molecule has 0 fully saturated rings. The van der Waals surface area contributed by atoms with E-state index >= 15 is 0 Å². The summed E-state index contributed by atoms with van der Waals surface area (Å²) >= 11 is 0. The molecule has 12 heavy (non-hydrogen) atoms. The third kappa shape index (κ3) is 4.94. The van der Waals surface area contributed by atoms with Gasteiger partial charge in [0, 0.05) is 11.6 Å². The molecule has 0 aromatic rings. The Morgan fingerprint density at radius 3 is 2.50 bits per heavy atom. The molecule has 0 aliphatic carbocycles. The second-order valence-corrected chi connectivity index (χ2v) is 3.30. The fourth-order valence-electron chi connectivity index (χ4n) is 0.830. The normalized spacial score (nSPS) is 11.9. The molecule has 2 heteroatoms. The van der Waals surface area contributed by atoms with E-state index in [9.17, 15) is 4.79 Å². The van der Waals surface area contributed by atoms with E-state index in [0.717, 1.165) is 18.4 Å². The molecular weight excluding hydrogens is 150 g/mol. The number of hydrogen-bond donors (Lipinski definition) is 1. The topological polar surface area (TPSA) is 29.1 Å². The molecule has 0 atom stereocenters. The van der Waals surface area contributed by atoms with Gasteiger partial charge < -0.3 is 5.32 Å². The molecule has 0 aromatic carbocycles. The van der Waals surface area contributed by atoms with Crippen LogP contribution in [0.3, 0.4) is 0 Å². The van der Waals surface area contributed by atoms with Gasteiger partial charge in [-0.15, -0.1) is 0 Å². The van der Waals surface area contributed by atoms with Crippen molar-refractivity contribution in [3.05, 3.63) is 11.6 Å². The van der Waals surface area contributed by atoms with Gasteiger partial charge in [-0.25, -0.2) is 0 Å². The van der Waals surface area contributed by atoms with Crippen LogP contribution in [0.1, 0.15) is 40.5 Å². The molecule has 0 saturated carbocycles. The van der Waals surface area contributed by atoms with Crippen molar-refractivity contribution in [1.29, 1.82) is 0 Å². The molecule has 0 heterocycles. The van der Waals surface area contributed by atoms with Gasteiger partial charge in [0.25, 0.3) is 0 Å². The first-order valence-electron chi connectivity index (χ1n) is 4.55. The van der Waals surface area contributed by atoms with Crippen molar-refractivity contribution in [2.45, 2.75) is 46.6 Å². The van der Waals surface area contributed by atoms with Gasteiger partial charge in [-0.05, 0) is 27.2 Å². The van der Waals surface area contributed by atoms with E-state index in [1.54, 1.807) is 0 Å². The Balaban J connectivity index is 3.92. The number of nitrogens with one attached hydrogen (secondary N) is 1. The van der Waals surface area contributed by atoms with Gasteiger partial charge in [0.05, 0.1) is 0 Å². The molecule has 0 aliphatic rings. The summed E-state index contributed by atoms with van der Waals surface area (Å²) in [5.41, 5.74) is 0.825. The number of rotatable bonds is 4. The van der Waals surface area contributed by atoms with Crippen LogP contribution in [0.2, 0.25) is 0 Å². The van der Waals surface area contributed by atoms with E-state index in [0.29, 0.717) is 0 Å². The summed E-state index contributed by atoms with van der Waals surface area (Å²) in [7, 11) is 0. The first-order valence-corrected chi connectivity index (χ1v) is 4.55.